The first kappa shape index (κ1) is 19.8. The Morgan fingerprint density at radius 2 is 1.93 bits per heavy atom. The lowest BCUT2D eigenvalue weighted by atomic mass is 10.0. The highest BCUT2D eigenvalue weighted by atomic mass is 16.5. The van der Waals surface area contributed by atoms with E-state index in [1.807, 2.05) is 24.3 Å². The Morgan fingerprint density at radius 3 is 2.64 bits per heavy atom. The highest BCUT2D eigenvalue weighted by Crippen LogP contribution is 2.24. The number of amides is 2. The lowest BCUT2D eigenvalue weighted by Gasteiger charge is -2.35. The maximum absolute atomic E-state index is 12.3. The molecule has 2 amide bonds. The lowest BCUT2D eigenvalue weighted by molar-refractivity contribution is -0.136. The third kappa shape index (κ3) is 5.28. The van der Waals surface area contributed by atoms with Crippen molar-refractivity contribution in [1.29, 1.82) is 0 Å². The third-order valence-corrected chi connectivity index (χ3v) is 4.57. The minimum atomic E-state index is -0.711. The molecule has 0 aliphatic carbocycles. The SMILES string of the molecule is COc1cccc(C(CNC(=O)C(=O)Nc2ccncc2)N2CCOCC2)c1. The Hall–Kier alpha value is -2.97. The molecular weight excluding hydrogens is 360 g/mol. The maximum atomic E-state index is 12.3. The van der Waals surface area contributed by atoms with Gasteiger partial charge in [0.1, 0.15) is 5.75 Å². The molecule has 1 fully saturated rings. The van der Waals surface area contributed by atoms with Gasteiger partial charge < -0.3 is 20.1 Å². The van der Waals surface area contributed by atoms with E-state index >= 15 is 0 Å². The van der Waals surface area contributed by atoms with Crippen LogP contribution >= 0.6 is 0 Å². The summed E-state index contributed by atoms with van der Waals surface area (Å²) in [4.78, 5) is 30.5. The number of methoxy groups -OCH3 is 1. The van der Waals surface area contributed by atoms with Crippen molar-refractivity contribution >= 4 is 17.5 Å². The summed E-state index contributed by atoms with van der Waals surface area (Å²) in [5.74, 6) is -0.645. The van der Waals surface area contributed by atoms with Gasteiger partial charge in [-0.1, -0.05) is 12.1 Å². The molecule has 148 valence electrons. The largest absolute Gasteiger partial charge is 0.497 e. The van der Waals surface area contributed by atoms with Crippen LogP contribution in [0, 0.1) is 0 Å². The molecule has 1 aliphatic heterocycles. The first-order valence-electron chi connectivity index (χ1n) is 9.12. The maximum Gasteiger partial charge on any atom is 0.313 e. The van der Waals surface area contributed by atoms with Crippen molar-refractivity contribution in [1.82, 2.24) is 15.2 Å². The average Bonchev–Trinajstić information content (AvgIpc) is 2.75. The standard InChI is InChI=1S/C20H24N4O4/c1-27-17-4-2-3-15(13-17)18(24-9-11-28-12-10-24)14-22-19(25)20(26)23-16-5-7-21-8-6-16/h2-8,13,18H,9-12,14H2,1H3,(H,22,25)(H,21,23,26). The van der Waals surface area contributed by atoms with Crippen LogP contribution in [0.3, 0.4) is 0 Å². The van der Waals surface area contributed by atoms with Gasteiger partial charge in [-0.15, -0.1) is 0 Å². The number of pyridine rings is 1. The van der Waals surface area contributed by atoms with E-state index in [2.05, 4.69) is 20.5 Å². The second-order valence-electron chi connectivity index (χ2n) is 6.34. The topological polar surface area (TPSA) is 92.8 Å². The van der Waals surface area contributed by atoms with Gasteiger partial charge in [0, 0.05) is 37.7 Å². The van der Waals surface area contributed by atoms with Crippen LogP contribution in [-0.2, 0) is 14.3 Å². The fourth-order valence-corrected chi connectivity index (χ4v) is 3.09. The summed E-state index contributed by atoms with van der Waals surface area (Å²) in [6.45, 7) is 3.07. The first-order valence-corrected chi connectivity index (χ1v) is 9.12. The summed E-state index contributed by atoms with van der Waals surface area (Å²) in [7, 11) is 1.62. The molecule has 0 spiro atoms. The number of hydrogen-bond acceptors (Lipinski definition) is 6. The molecule has 2 N–H and O–H groups in total. The summed E-state index contributed by atoms with van der Waals surface area (Å²) in [5.41, 5.74) is 1.53. The molecule has 8 nitrogen and oxygen atoms in total. The zero-order valence-corrected chi connectivity index (χ0v) is 15.8. The van der Waals surface area contributed by atoms with Gasteiger partial charge in [-0.25, -0.2) is 0 Å². The smallest absolute Gasteiger partial charge is 0.313 e. The Bertz CT molecular complexity index is 794. The van der Waals surface area contributed by atoms with E-state index in [4.69, 9.17) is 9.47 Å². The molecule has 3 rings (SSSR count). The minimum absolute atomic E-state index is 0.0864. The van der Waals surface area contributed by atoms with E-state index in [9.17, 15) is 9.59 Å². The number of anilines is 1. The second-order valence-corrected chi connectivity index (χ2v) is 6.34. The van der Waals surface area contributed by atoms with Gasteiger partial charge in [-0.05, 0) is 29.8 Å². The molecule has 8 heteroatoms. The van der Waals surface area contributed by atoms with Crippen molar-refractivity contribution in [3.8, 4) is 5.75 Å². The number of hydrogen-bond donors (Lipinski definition) is 2. The number of carbonyl (C=O) groups excluding carboxylic acids is 2. The number of ether oxygens (including phenoxy) is 2. The summed E-state index contributed by atoms with van der Waals surface area (Å²) in [5, 5.41) is 5.30. The number of morpholine rings is 1. The van der Waals surface area contributed by atoms with Crippen LogP contribution in [0.1, 0.15) is 11.6 Å². The van der Waals surface area contributed by atoms with Crippen LogP contribution in [0.15, 0.2) is 48.8 Å². The highest BCUT2D eigenvalue weighted by molar-refractivity contribution is 6.39. The summed E-state index contributed by atoms with van der Waals surface area (Å²) in [6.07, 6.45) is 3.09. The molecule has 1 unspecified atom stereocenters. The zero-order chi connectivity index (χ0) is 19.8. The Labute approximate surface area is 163 Å². The molecule has 1 atom stereocenters. The average molecular weight is 384 g/mol. The van der Waals surface area contributed by atoms with Gasteiger partial charge in [0.25, 0.3) is 0 Å². The van der Waals surface area contributed by atoms with Crippen LogP contribution in [0.5, 0.6) is 5.75 Å². The number of rotatable bonds is 6. The van der Waals surface area contributed by atoms with Crippen LogP contribution in [-0.4, -0.2) is 61.7 Å². The van der Waals surface area contributed by atoms with E-state index in [1.54, 1.807) is 31.6 Å². The van der Waals surface area contributed by atoms with Gasteiger partial charge >= 0.3 is 11.8 Å². The number of aromatic nitrogens is 1. The number of benzene rings is 1. The number of nitrogens with one attached hydrogen (secondary N) is 2. The molecule has 28 heavy (non-hydrogen) atoms. The van der Waals surface area contributed by atoms with E-state index in [-0.39, 0.29) is 6.04 Å². The Morgan fingerprint density at radius 1 is 1.18 bits per heavy atom. The molecule has 0 bridgehead atoms. The number of nitrogens with zero attached hydrogens (tertiary/aromatic N) is 2. The van der Waals surface area contributed by atoms with Crippen LogP contribution in [0.4, 0.5) is 5.69 Å². The van der Waals surface area contributed by atoms with Crippen molar-refractivity contribution in [3.05, 3.63) is 54.4 Å². The molecule has 0 radical (unpaired) electrons. The summed E-state index contributed by atoms with van der Waals surface area (Å²) >= 11 is 0. The van der Waals surface area contributed by atoms with Gasteiger partial charge in [0.05, 0.1) is 26.4 Å². The first-order chi connectivity index (χ1) is 13.7. The van der Waals surface area contributed by atoms with Crippen LogP contribution in [0.2, 0.25) is 0 Å². The van der Waals surface area contributed by atoms with Crippen molar-refractivity contribution in [2.24, 2.45) is 0 Å². The van der Waals surface area contributed by atoms with Crippen LogP contribution in [0.25, 0.3) is 0 Å². The number of carbonyl (C=O) groups is 2. The summed E-state index contributed by atoms with van der Waals surface area (Å²) < 4.78 is 10.8. The van der Waals surface area contributed by atoms with Crippen LogP contribution < -0.4 is 15.4 Å². The Balaban J connectivity index is 1.66. The molecule has 2 aromatic rings. The molecule has 1 aromatic carbocycles. The fraction of sp³-hybridized carbons (Fsp3) is 0.350. The molecule has 1 aliphatic rings. The highest BCUT2D eigenvalue weighted by Gasteiger charge is 2.25. The third-order valence-electron chi connectivity index (χ3n) is 4.57. The lowest BCUT2D eigenvalue weighted by Crippen LogP contribution is -2.45. The Kier molecular flexibility index (Phi) is 6.94. The van der Waals surface area contributed by atoms with Crippen molar-refractivity contribution in [3.63, 3.8) is 0 Å². The quantitative estimate of drug-likeness (QED) is 0.728. The predicted octanol–water partition coefficient (Wildman–Crippen LogP) is 1.22. The molecule has 1 aromatic heterocycles. The predicted molar refractivity (Wildman–Crippen MR) is 104 cm³/mol. The van der Waals surface area contributed by atoms with E-state index in [1.165, 1.54) is 0 Å². The van der Waals surface area contributed by atoms with E-state index in [0.29, 0.717) is 25.4 Å². The summed E-state index contributed by atoms with van der Waals surface area (Å²) in [6, 6.07) is 10.9. The van der Waals surface area contributed by atoms with Gasteiger partial charge in [-0.3, -0.25) is 19.5 Å². The van der Waals surface area contributed by atoms with Gasteiger partial charge in [0.15, 0.2) is 0 Å². The van der Waals surface area contributed by atoms with Crippen molar-refractivity contribution in [2.75, 3.05) is 45.3 Å². The molecule has 2 heterocycles. The normalized spacial score (nSPS) is 15.5. The van der Waals surface area contributed by atoms with E-state index < -0.39 is 11.8 Å². The molecule has 0 saturated carbocycles. The van der Waals surface area contributed by atoms with E-state index in [0.717, 1.165) is 24.4 Å². The van der Waals surface area contributed by atoms with Gasteiger partial charge in [0.2, 0.25) is 0 Å². The zero-order valence-electron chi connectivity index (χ0n) is 15.8. The minimum Gasteiger partial charge on any atom is -0.497 e. The monoisotopic (exact) mass is 384 g/mol. The van der Waals surface area contributed by atoms with Crippen molar-refractivity contribution in [2.45, 2.75) is 6.04 Å². The molecular formula is C20H24N4O4. The molecule has 1 saturated heterocycles. The second kappa shape index (κ2) is 9.82. The fourth-order valence-electron chi connectivity index (χ4n) is 3.09. The van der Waals surface area contributed by atoms with Gasteiger partial charge in [-0.2, -0.15) is 0 Å². The van der Waals surface area contributed by atoms with Crippen molar-refractivity contribution < 1.29 is 19.1 Å².